The van der Waals surface area contributed by atoms with Gasteiger partial charge in [0.2, 0.25) is 11.8 Å². The van der Waals surface area contributed by atoms with Crippen molar-refractivity contribution in [1.29, 1.82) is 0 Å². The Hall–Kier alpha value is -2.84. The minimum absolute atomic E-state index is 0.256. The molecule has 2 unspecified atom stereocenters. The number of hydrogen-bond donors (Lipinski definition) is 4. The molecule has 31 heavy (non-hydrogen) atoms. The SMILES string of the molecule is COc1cccc(CNC(=O)C(CC2CC2)C(=O)NC(Cc2ccccc2)B(O)O)c1. The molecule has 1 aliphatic rings. The Morgan fingerprint density at radius 3 is 2.42 bits per heavy atom. The van der Waals surface area contributed by atoms with Gasteiger partial charge in [-0.2, -0.15) is 0 Å². The Kier molecular flexibility index (Phi) is 8.09. The van der Waals surface area contributed by atoms with E-state index in [0.29, 0.717) is 18.1 Å². The van der Waals surface area contributed by atoms with Gasteiger partial charge < -0.3 is 25.4 Å². The van der Waals surface area contributed by atoms with Gasteiger partial charge in [-0.1, -0.05) is 55.3 Å². The van der Waals surface area contributed by atoms with Crippen LogP contribution in [-0.4, -0.2) is 42.0 Å². The van der Waals surface area contributed by atoms with Gasteiger partial charge in [0.05, 0.1) is 13.1 Å². The lowest BCUT2D eigenvalue weighted by molar-refractivity contribution is -0.136. The lowest BCUT2D eigenvalue weighted by Crippen LogP contribution is -2.52. The summed E-state index contributed by atoms with van der Waals surface area (Å²) in [5.41, 5.74) is 1.73. The van der Waals surface area contributed by atoms with Crippen molar-refractivity contribution in [3.05, 3.63) is 65.7 Å². The number of rotatable bonds is 11. The Morgan fingerprint density at radius 2 is 1.77 bits per heavy atom. The molecular formula is C23H29BN2O5. The number of carbonyl (C=O) groups excluding carboxylic acids is 2. The molecule has 1 saturated carbocycles. The minimum atomic E-state index is -1.73. The topological polar surface area (TPSA) is 108 Å². The number of amides is 2. The van der Waals surface area contributed by atoms with E-state index >= 15 is 0 Å². The molecule has 164 valence electrons. The van der Waals surface area contributed by atoms with Crippen molar-refractivity contribution in [3.8, 4) is 5.75 Å². The van der Waals surface area contributed by atoms with Crippen LogP contribution < -0.4 is 15.4 Å². The largest absolute Gasteiger partial charge is 0.497 e. The summed E-state index contributed by atoms with van der Waals surface area (Å²) in [6.07, 6.45) is 2.72. The lowest BCUT2D eigenvalue weighted by atomic mass is 9.75. The quantitative estimate of drug-likeness (QED) is 0.323. The molecule has 2 aromatic rings. The first-order valence-corrected chi connectivity index (χ1v) is 10.6. The second-order valence-electron chi connectivity index (χ2n) is 8.02. The second kappa shape index (κ2) is 11.0. The van der Waals surface area contributed by atoms with Gasteiger partial charge in [0.1, 0.15) is 11.7 Å². The van der Waals surface area contributed by atoms with E-state index in [9.17, 15) is 19.6 Å². The first-order valence-electron chi connectivity index (χ1n) is 10.6. The molecule has 4 N–H and O–H groups in total. The summed E-state index contributed by atoms with van der Waals surface area (Å²) in [6, 6.07) is 16.6. The lowest BCUT2D eigenvalue weighted by Gasteiger charge is -2.22. The van der Waals surface area contributed by atoms with Crippen molar-refractivity contribution < 1.29 is 24.4 Å². The average molecular weight is 424 g/mol. The maximum absolute atomic E-state index is 13.0. The molecule has 0 saturated heterocycles. The molecule has 2 atom stereocenters. The maximum atomic E-state index is 13.0. The Morgan fingerprint density at radius 1 is 1.06 bits per heavy atom. The molecule has 7 nitrogen and oxygen atoms in total. The van der Waals surface area contributed by atoms with Crippen LogP contribution >= 0.6 is 0 Å². The van der Waals surface area contributed by atoms with E-state index in [0.717, 1.165) is 24.0 Å². The highest BCUT2D eigenvalue weighted by Crippen LogP contribution is 2.35. The fourth-order valence-electron chi connectivity index (χ4n) is 3.50. The summed E-state index contributed by atoms with van der Waals surface area (Å²) in [6.45, 7) is 0.278. The highest BCUT2D eigenvalue weighted by molar-refractivity contribution is 6.43. The monoisotopic (exact) mass is 424 g/mol. The number of carbonyl (C=O) groups is 2. The summed E-state index contributed by atoms with van der Waals surface area (Å²) in [4.78, 5) is 25.8. The van der Waals surface area contributed by atoms with Crippen molar-refractivity contribution in [1.82, 2.24) is 10.6 Å². The summed E-state index contributed by atoms with van der Waals surface area (Å²) < 4.78 is 5.20. The molecule has 0 spiro atoms. The van der Waals surface area contributed by atoms with Crippen LogP contribution in [0.25, 0.3) is 0 Å². The molecule has 0 radical (unpaired) electrons. The van der Waals surface area contributed by atoms with E-state index in [4.69, 9.17) is 4.74 Å². The molecule has 0 heterocycles. The number of nitrogens with one attached hydrogen (secondary N) is 2. The van der Waals surface area contributed by atoms with Crippen molar-refractivity contribution >= 4 is 18.9 Å². The molecule has 0 bridgehead atoms. The molecule has 3 rings (SSSR count). The number of ether oxygens (including phenoxy) is 1. The molecule has 0 aliphatic heterocycles. The predicted octanol–water partition coefficient (Wildman–Crippen LogP) is 1.47. The van der Waals surface area contributed by atoms with E-state index in [-0.39, 0.29) is 18.9 Å². The average Bonchev–Trinajstić information content (AvgIpc) is 3.60. The van der Waals surface area contributed by atoms with E-state index in [1.807, 2.05) is 54.6 Å². The fourth-order valence-corrected chi connectivity index (χ4v) is 3.50. The van der Waals surface area contributed by atoms with Gasteiger partial charge in [-0.3, -0.25) is 9.59 Å². The summed E-state index contributed by atoms with van der Waals surface area (Å²) in [7, 11) is -0.152. The number of hydrogen-bond acceptors (Lipinski definition) is 5. The van der Waals surface area contributed by atoms with Crippen LogP contribution in [0.3, 0.4) is 0 Å². The van der Waals surface area contributed by atoms with Gasteiger partial charge in [0, 0.05) is 6.54 Å². The highest BCUT2D eigenvalue weighted by atomic mass is 16.5. The predicted molar refractivity (Wildman–Crippen MR) is 118 cm³/mol. The van der Waals surface area contributed by atoms with Gasteiger partial charge in [0.25, 0.3) is 0 Å². The van der Waals surface area contributed by atoms with Crippen LogP contribution in [0.1, 0.15) is 30.4 Å². The van der Waals surface area contributed by atoms with Crippen molar-refractivity contribution in [2.45, 2.75) is 38.2 Å². The van der Waals surface area contributed by atoms with Gasteiger partial charge in [0.15, 0.2) is 0 Å². The second-order valence-corrected chi connectivity index (χ2v) is 8.02. The van der Waals surface area contributed by atoms with Crippen molar-refractivity contribution in [3.63, 3.8) is 0 Å². The highest BCUT2D eigenvalue weighted by Gasteiger charge is 2.36. The van der Waals surface area contributed by atoms with E-state index in [1.165, 1.54) is 0 Å². The van der Waals surface area contributed by atoms with Crippen LogP contribution in [-0.2, 0) is 22.6 Å². The Labute approximate surface area is 183 Å². The molecule has 2 aromatic carbocycles. The fraction of sp³-hybridized carbons (Fsp3) is 0.391. The smallest absolute Gasteiger partial charge is 0.475 e. The third-order valence-electron chi connectivity index (χ3n) is 5.49. The molecule has 2 amide bonds. The van der Waals surface area contributed by atoms with Crippen LogP contribution in [0.4, 0.5) is 0 Å². The molecule has 8 heteroatoms. The van der Waals surface area contributed by atoms with Crippen LogP contribution in [0.5, 0.6) is 5.75 Å². The zero-order valence-corrected chi connectivity index (χ0v) is 17.7. The molecule has 0 aromatic heterocycles. The molecular weight excluding hydrogens is 395 g/mol. The number of benzene rings is 2. The first kappa shape index (κ1) is 22.8. The van der Waals surface area contributed by atoms with Crippen LogP contribution in [0.15, 0.2) is 54.6 Å². The van der Waals surface area contributed by atoms with Crippen molar-refractivity contribution in [2.24, 2.45) is 11.8 Å². The van der Waals surface area contributed by atoms with E-state index in [1.54, 1.807) is 7.11 Å². The van der Waals surface area contributed by atoms with Gasteiger partial charge in [-0.05, 0) is 42.0 Å². The van der Waals surface area contributed by atoms with E-state index in [2.05, 4.69) is 10.6 Å². The number of methoxy groups -OCH3 is 1. The first-order chi connectivity index (χ1) is 15.0. The van der Waals surface area contributed by atoms with Gasteiger partial charge >= 0.3 is 7.12 Å². The third-order valence-corrected chi connectivity index (χ3v) is 5.49. The normalized spacial score (nSPS) is 14.9. The van der Waals surface area contributed by atoms with Gasteiger partial charge in [-0.15, -0.1) is 0 Å². The maximum Gasteiger partial charge on any atom is 0.475 e. The van der Waals surface area contributed by atoms with Crippen LogP contribution in [0, 0.1) is 11.8 Å². The van der Waals surface area contributed by atoms with E-state index < -0.39 is 24.9 Å². The van der Waals surface area contributed by atoms with Crippen LogP contribution in [0.2, 0.25) is 0 Å². The third kappa shape index (κ3) is 7.12. The van der Waals surface area contributed by atoms with Gasteiger partial charge in [-0.25, -0.2) is 0 Å². The molecule has 1 fully saturated rings. The minimum Gasteiger partial charge on any atom is -0.497 e. The standard InChI is InChI=1S/C23H29BN2O5/c1-31-19-9-5-8-18(12-19)15-25-22(27)20(13-17-10-11-17)23(28)26-21(24(29)30)14-16-6-3-2-4-7-16/h2-9,12,17,20-21,29-30H,10-11,13-15H2,1H3,(H,25,27)(H,26,28). The summed E-state index contributed by atoms with van der Waals surface area (Å²) in [5.74, 6) is -1.58. The van der Waals surface area contributed by atoms with Crippen molar-refractivity contribution in [2.75, 3.05) is 7.11 Å². The molecule has 1 aliphatic carbocycles. The zero-order valence-electron chi connectivity index (χ0n) is 17.7. The summed E-state index contributed by atoms with van der Waals surface area (Å²) in [5, 5.41) is 25.0. The summed E-state index contributed by atoms with van der Waals surface area (Å²) >= 11 is 0. The Bertz CT molecular complexity index is 873. The Balaban J connectivity index is 1.63. The zero-order chi connectivity index (χ0) is 22.2.